The van der Waals surface area contributed by atoms with Gasteiger partial charge in [-0.05, 0) is 43.4 Å². The predicted molar refractivity (Wildman–Crippen MR) is 88.7 cm³/mol. The quantitative estimate of drug-likeness (QED) is 0.837. The predicted octanol–water partition coefficient (Wildman–Crippen LogP) is 1.89. The van der Waals surface area contributed by atoms with Gasteiger partial charge in [0.2, 0.25) is 10.0 Å². The molecule has 0 heterocycles. The molecule has 1 atom stereocenters. The summed E-state index contributed by atoms with van der Waals surface area (Å²) in [5.74, 6) is 0.220. The molecule has 1 aliphatic carbocycles. The Balaban J connectivity index is 2.08. The van der Waals surface area contributed by atoms with Crippen LogP contribution in [0.15, 0.2) is 23.1 Å². The van der Waals surface area contributed by atoms with Crippen molar-refractivity contribution >= 4 is 15.7 Å². The van der Waals surface area contributed by atoms with Gasteiger partial charge in [0.25, 0.3) is 0 Å². The highest BCUT2D eigenvalue weighted by atomic mass is 32.2. The average Bonchev–Trinajstić information content (AvgIpc) is 2.99. The minimum atomic E-state index is -3.59. The molecule has 6 heteroatoms. The fourth-order valence-corrected chi connectivity index (χ4v) is 4.10. The highest BCUT2D eigenvalue weighted by Gasteiger charge is 2.25. The highest BCUT2D eigenvalue weighted by Crippen LogP contribution is 2.28. The van der Waals surface area contributed by atoms with Gasteiger partial charge in [0.1, 0.15) is 0 Å². The zero-order valence-electron chi connectivity index (χ0n) is 13.5. The first-order valence-corrected chi connectivity index (χ1v) is 9.25. The Morgan fingerprint density at radius 2 is 1.95 bits per heavy atom. The molecular formula is C16H26N2O3S. The van der Waals surface area contributed by atoms with E-state index >= 15 is 0 Å². The van der Waals surface area contributed by atoms with E-state index in [1.165, 1.54) is 0 Å². The van der Waals surface area contributed by atoms with E-state index in [1.54, 1.807) is 18.2 Å². The second-order valence-corrected chi connectivity index (χ2v) is 8.07. The Kier molecular flexibility index (Phi) is 5.47. The molecule has 1 aromatic carbocycles. The molecule has 0 aliphatic heterocycles. The Bertz CT molecular complexity index is 608. The molecule has 2 rings (SSSR count). The standard InChI is InChI=1S/C16H26N2O3S/c1-12-8-9-14(10-15(12)18(2)3)22(20,21)17-11-16(19)13-6-4-5-7-13/h8-10,13,16-17,19H,4-7,11H2,1-3H3. The molecule has 2 N–H and O–H groups in total. The summed E-state index contributed by atoms with van der Waals surface area (Å²) in [4.78, 5) is 2.13. The Morgan fingerprint density at radius 1 is 1.32 bits per heavy atom. The molecule has 0 spiro atoms. The molecule has 1 saturated carbocycles. The molecule has 0 aromatic heterocycles. The van der Waals surface area contributed by atoms with Gasteiger partial charge in [-0.1, -0.05) is 18.9 Å². The Hall–Kier alpha value is -1.11. The largest absolute Gasteiger partial charge is 0.391 e. The fraction of sp³-hybridized carbons (Fsp3) is 0.625. The molecule has 0 bridgehead atoms. The van der Waals surface area contributed by atoms with Crippen LogP contribution in [-0.4, -0.2) is 40.3 Å². The molecule has 1 aliphatic rings. The van der Waals surface area contributed by atoms with E-state index < -0.39 is 16.1 Å². The maximum atomic E-state index is 12.4. The van der Waals surface area contributed by atoms with Gasteiger partial charge >= 0.3 is 0 Å². The van der Waals surface area contributed by atoms with Crippen LogP contribution in [0.2, 0.25) is 0 Å². The van der Waals surface area contributed by atoms with Crippen molar-refractivity contribution < 1.29 is 13.5 Å². The van der Waals surface area contributed by atoms with E-state index in [0.29, 0.717) is 0 Å². The summed E-state index contributed by atoms with van der Waals surface area (Å²) in [5, 5.41) is 10.1. The number of hydrogen-bond acceptors (Lipinski definition) is 4. The van der Waals surface area contributed by atoms with Crippen molar-refractivity contribution in [3.8, 4) is 0 Å². The summed E-state index contributed by atoms with van der Waals surface area (Å²) in [6.45, 7) is 2.03. The van der Waals surface area contributed by atoms with Crippen molar-refractivity contribution in [3.05, 3.63) is 23.8 Å². The van der Waals surface area contributed by atoms with E-state index in [-0.39, 0.29) is 17.4 Å². The number of nitrogens with one attached hydrogen (secondary N) is 1. The van der Waals surface area contributed by atoms with Gasteiger partial charge in [0.15, 0.2) is 0 Å². The van der Waals surface area contributed by atoms with Crippen LogP contribution >= 0.6 is 0 Å². The molecule has 0 radical (unpaired) electrons. The first-order valence-electron chi connectivity index (χ1n) is 7.77. The summed E-state index contributed by atoms with van der Waals surface area (Å²) in [5.41, 5.74) is 1.90. The van der Waals surface area contributed by atoms with E-state index in [2.05, 4.69) is 4.72 Å². The van der Waals surface area contributed by atoms with Crippen molar-refractivity contribution in [2.75, 3.05) is 25.5 Å². The second kappa shape index (κ2) is 6.98. The second-order valence-electron chi connectivity index (χ2n) is 6.31. The lowest BCUT2D eigenvalue weighted by Crippen LogP contribution is -2.35. The third-order valence-corrected chi connectivity index (χ3v) is 5.82. The van der Waals surface area contributed by atoms with Gasteiger partial charge in [-0.2, -0.15) is 0 Å². The smallest absolute Gasteiger partial charge is 0.240 e. The van der Waals surface area contributed by atoms with Gasteiger partial charge in [0, 0.05) is 26.3 Å². The van der Waals surface area contributed by atoms with E-state index in [9.17, 15) is 13.5 Å². The zero-order valence-corrected chi connectivity index (χ0v) is 14.4. The topological polar surface area (TPSA) is 69.6 Å². The average molecular weight is 326 g/mol. The number of benzene rings is 1. The minimum Gasteiger partial charge on any atom is -0.391 e. The lowest BCUT2D eigenvalue weighted by molar-refractivity contribution is 0.115. The van der Waals surface area contributed by atoms with Crippen LogP contribution in [0.25, 0.3) is 0 Å². The van der Waals surface area contributed by atoms with Crippen LogP contribution in [0, 0.1) is 12.8 Å². The molecule has 1 unspecified atom stereocenters. The molecule has 1 aromatic rings. The first-order chi connectivity index (χ1) is 10.3. The Labute approximate surface area is 133 Å². The van der Waals surface area contributed by atoms with Crippen LogP contribution in [-0.2, 0) is 10.0 Å². The van der Waals surface area contributed by atoms with Crippen LogP contribution in [0.5, 0.6) is 0 Å². The molecule has 0 amide bonds. The summed E-state index contributed by atoms with van der Waals surface area (Å²) in [6.07, 6.45) is 3.62. The van der Waals surface area contributed by atoms with E-state index in [0.717, 1.165) is 36.9 Å². The molecule has 5 nitrogen and oxygen atoms in total. The number of sulfonamides is 1. The molecule has 0 saturated heterocycles. The van der Waals surface area contributed by atoms with Crippen molar-refractivity contribution in [2.45, 2.75) is 43.6 Å². The SMILES string of the molecule is Cc1ccc(S(=O)(=O)NCC(O)C2CCCC2)cc1N(C)C. The van der Waals surface area contributed by atoms with Crippen molar-refractivity contribution in [3.63, 3.8) is 0 Å². The van der Waals surface area contributed by atoms with Crippen molar-refractivity contribution in [2.24, 2.45) is 5.92 Å². The molecule has 124 valence electrons. The molecule has 22 heavy (non-hydrogen) atoms. The zero-order chi connectivity index (χ0) is 16.3. The van der Waals surface area contributed by atoms with Crippen molar-refractivity contribution in [1.82, 2.24) is 4.72 Å². The van der Waals surface area contributed by atoms with Crippen LogP contribution in [0.3, 0.4) is 0 Å². The minimum absolute atomic E-state index is 0.0815. The highest BCUT2D eigenvalue weighted by molar-refractivity contribution is 7.89. The molecule has 1 fully saturated rings. The maximum absolute atomic E-state index is 12.4. The van der Waals surface area contributed by atoms with Crippen LogP contribution in [0.4, 0.5) is 5.69 Å². The normalized spacial score (nSPS) is 17.6. The number of aryl methyl sites for hydroxylation is 1. The molecular weight excluding hydrogens is 300 g/mol. The number of nitrogens with zero attached hydrogens (tertiary/aromatic N) is 1. The number of rotatable bonds is 6. The first kappa shape index (κ1) is 17.2. The number of hydrogen-bond donors (Lipinski definition) is 2. The van der Waals surface area contributed by atoms with Gasteiger partial charge < -0.3 is 10.0 Å². The summed E-state index contributed by atoms with van der Waals surface area (Å²) >= 11 is 0. The number of aliphatic hydroxyl groups excluding tert-OH is 1. The summed E-state index contributed by atoms with van der Waals surface area (Å²) in [6, 6.07) is 5.07. The van der Waals surface area contributed by atoms with Crippen LogP contribution in [0.1, 0.15) is 31.2 Å². The third-order valence-electron chi connectivity index (χ3n) is 4.40. The fourth-order valence-electron chi connectivity index (χ4n) is 3.03. The summed E-state index contributed by atoms with van der Waals surface area (Å²) in [7, 11) is 0.176. The van der Waals surface area contributed by atoms with E-state index in [4.69, 9.17) is 0 Å². The summed E-state index contributed by atoms with van der Waals surface area (Å²) < 4.78 is 27.3. The van der Waals surface area contributed by atoms with Gasteiger partial charge in [0.05, 0.1) is 11.0 Å². The lowest BCUT2D eigenvalue weighted by Gasteiger charge is -2.19. The monoisotopic (exact) mass is 326 g/mol. The van der Waals surface area contributed by atoms with Gasteiger partial charge in [-0.15, -0.1) is 0 Å². The van der Waals surface area contributed by atoms with Crippen LogP contribution < -0.4 is 9.62 Å². The maximum Gasteiger partial charge on any atom is 0.240 e. The number of aliphatic hydroxyl groups is 1. The van der Waals surface area contributed by atoms with Crippen molar-refractivity contribution in [1.29, 1.82) is 0 Å². The van der Waals surface area contributed by atoms with Gasteiger partial charge in [-0.25, -0.2) is 13.1 Å². The Morgan fingerprint density at radius 3 is 2.55 bits per heavy atom. The number of anilines is 1. The lowest BCUT2D eigenvalue weighted by atomic mass is 10.0. The van der Waals surface area contributed by atoms with E-state index in [1.807, 2.05) is 25.9 Å². The van der Waals surface area contributed by atoms with Gasteiger partial charge in [-0.3, -0.25) is 0 Å². The third kappa shape index (κ3) is 4.00.